The smallest absolute Gasteiger partial charge is 0.257 e. The fraction of sp³-hybridized carbons (Fsp3) is 0.545. The number of furan rings is 1. The Labute approximate surface area is 103 Å². The van der Waals surface area contributed by atoms with Gasteiger partial charge in [-0.3, -0.25) is 4.79 Å². The summed E-state index contributed by atoms with van der Waals surface area (Å²) in [5.74, 6) is -0.00329. The van der Waals surface area contributed by atoms with E-state index in [1.165, 1.54) is 6.26 Å². The van der Waals surface area contributed by atoms with Crippen LogP contribution in [0.3, 0.4) is 0 Å². The summed E-state index contributed by atoms with van der Waals surface area (Å²) in [6.07, 6.45) is 1.64. The van der Waals surface area contributed by atoms with E-state index in [1.54, 1.807) is 11.0 Å². The van der Waals surface area contributed by atoms with Crippen LogP contribution < -0.4 is 0 Å². The Morgan fingerprint density at radius 1 is 1.44 bits per heavy atom. The summed E-state index contributed by atoms with van der Waals surface area (Å²) in [5.41, 5.74) is 0.577. The van der Waals surface area contributed by atoms with Gasteiger partial charge in [-0.05, 0) is 29.8 Å². The Bertz CT molecular complexity index is 380. The van der Waals surface area contributed by atoms with Gasteiger partial charge in [0.2, 0.25) is 0 Å². The molecule has 2 atom stereocenters. The molecule has 0 bridgehead atoms. The highest BCUT2D eigenvalue weighted by Crippen LogP contribution is 2.18. The monoisotopic (exact) mass is 287 g/mol. The normalized spacial score (nSPS) is 25.8. The molecular weight excluding hydrogens is 274 g/mol. The van der Waals surface area contributed by atoms with E-state index >= 15 is 0 Å². The second-order valence-corrected chi connectivity index (χ2v) is 4.89. The van der Waals surface area contributed by atoms with Crippen LogP contribution in [0.5, 0.6) is 0 Å². The van der Waals surface area contributed by atoms with Crippen LogP contribution in [-0.4, -0.2) is 36.1 Å². The first-order valence-corrected chi connectivity index (χ1v) is 6.04. The molecule has 16 heavy (non-hydrogen) atoms. The highest BCUT2D eigenvalue weighted by molar-refractivity contribution is 9.10. The van der Waals surface area contributed by atoms with E-state index in [-0.39, 0.29) is 18.1 Å². The van der Waals surface area contributed by atoms with Gasteiger partial charge in [-0.1, -0.05) is 0 Å². The van der Waals surface area contributed by atoms with Crippen LogP contribution in [0.1, 0.15) is 24.2 Å². The maximum absolute atomic E-state index is 12.1. The van der Waals surface area contributed by atoms with Crippen molar-refractivity contribution >= 4 is 21.8 Å². The predicted octanol–water partition coefficient (Wildman–Crippen LogP) is 2.29. The van der Waals surface area contributed by atoms with Gasteiger partial charge in [0.1, 0.15) is 6.26 Å². The molecule has 2 heterocycles. The molecule has 1 amide bonds. The van der Waals surface area contributed by atoms with E-state index in [9.17, 15) is 4.79 Å². The number of nitrogens with zero attached hydrogens (tertiary/aromatic N) is 1. The number of amides is 1. The van der Waals surface area contributed by atoms with E-state index in [4.69, 9.17) is 9.15 Å². The molecule has 0 saturated carbocycles. The second kappa shape index (κ2) is 4.59. The highest BCUT2D eigenvalue weighted by atomic mass is 79.9. The Balaban J connectivity index is 2.09. The molecule has 0 aromatic carbocycles. The lowest BCUT2D eigenvalue weighted by atomic mass is 10.2. The fourth-order valence-electron chi connectivity index (χ4n) is 1.95. The molecule has 1 aromatic rings. The first-order chi connectivity index (χ1) is 7.56. The Morgan fingerprint density at radius 2 is 2.06 bits per heavy atom. The van der Waals surface area contributed by atoms with Crippen molar-refractivity contribution in [3.63, 3.8) is 0 Å². The van der Waals surface area contributed by atoms with Crippen LogP contribution in [0.15, 0.2) is 21.4 Å². The van der Waals surface area contributed by atoms with E-state index in [1.807, 2.05) is 13.8 Å². The lowest BCUT2D eigenvalue weighted by molar-refractivity contribution is -0.0586. The average molecular weight is 288 g/mol. The van der Waals surface area contributed by atoms with Gasteiger partial charge >= 0.3 is 0 Å². The van der Waals surface area contributed by atoms with Crippen molar-refractivity contribution in [1.29, 1.82) is 0 Å². The van der Waals surface area contributed by atoms with Crippen molar-refractivity contribution in [1.82, 2.24) is 4.90 Å². The fourth-order valence-corrected chi connectivity index (χ4v) is 2.29. The average Bonchev–Trinajstić information content (AvgIpc) is 2.62. The van der Waals surface area contributed by atoms with Crippen molar-refractivity contribution in [2.75, 3.05) is 13.1 Å². The largest absolute Gasteiger partial charge is 0.457 e. The first-order valence-electron chi connectivity index (χ1n) is 5.25. The summed E-state index contributed by atoms with van der Waals surface area (Å²) in [5, 5.41) is 0. The molecule has 0 spiro atoms. The van der Waals surface area contributed by atoms with Gasteiger partial charge in [0, 0.05) is 19.2 Å². The third-order valence-electron chi connectivity index (χ3n) is 2.52. The molecule has 1 fully saturated rings. The van der Waals surface area contributed by atoms with Crippen LogP contribution in [0.25, 0.3) is 0 Å². The zero-order chi connectivity index (χ0) is 11.7. The number of morpholine rings is 1. The van der Waals surface area contributed by atoms with Gasteiger partial charge in [0.15, 0.2) is 4.67 Å². The SMILES string of the molecule is C[C@@H]1CN(C(=O)c2coc(Br)c2)C[C@H](C)O1. The quantitative estimate of drug-likeness (QED) is 0.796. The molecule has 1 aliphatic rings. The Kier molecular flexibility index (Phi) is 3.35. The van der Waals surface area contributed by atoms with Crippen LogP contribution >= 0.6 is 15.9 Å². The van der Waals surface area contributed by atoms with Crippen LogP contribution in [-0.2, 0) is 4.74 Å². The van der Waals surface area contributed by atoms with Crippen molar-refractivity contribution in [2.45, 2.75) is 26.1 Å². The van der Waals surface area contributed by atoms with Gasteiger partial charge < -0.3 is 14.1 Å². The third kappa shape index (κ3) is 2.47. The summed E-state index contributed by atoms with van der Waals surface area (Å²) in [6.45, 7) is 5.21. The number of ether oxygens (including phenoxy) is 1. The molecule has 1 aromatic heterocycles. The molecule has 4 nitrogen and oxygen atoms in total. The topological polar surface area (TPSA) is 42.7 Å². The predicted molar refractivity (Wildman–Crippen MR) is 62.3 cm³/mol. The molecule has 1 aliphatic heterocycles. The Morgan fingerprint density at radius 3 is 2.56 bits per heavy atom. The summed E-state index contributed by atoms with van der Waals surface area (Å²) in [6, 6.07) is 1.69. The van der Waals surface area contributed by atoms with E-state index < -0.39 is 0 Å². The molecule has 0 unspecified atom stereocenters. The summed E-state index contributed by atoms with van der Waals surface area (Å²) in [4.78, 5) is 13.9. The Hall–Kier alpha value is -0.810. The van der Waals surface area contributed by atoms with Crippen LogP contribution in [0.4, 0.5) is 0 Å². The van der Waals surface area contributed by atoms with Gasteiger partial charge in [-0.2, -0.15) is 0 Å². The summed E-state index contributed by atoms with van der Waals surface area (Å²) in [7, 11) is 0. The molecule has 2 rings (SSSR count). The lowest BCUT2D eigenvalue weighted by Gasteiger charge is -2.35. The number of rotatable bonds is 1. The molecular formula is C11H14BrNO3. The van der Waals surface area contributed by atoms with Gasteiger partial charge in [-0.25, -0.2) is 0 Å². The molecule has 1 saturated heterocycles. The standard InChI is InChI=1S/C11H14BrNO3/c1-7-4-13(5-8(2)16-7)11(14)9-3-10(12)15-6-9/h3,6-8H,4-5H2,1-2H3/t7-,8+. The first kappa shape index (κ1) is 11.7. The van der Waals surface area contributed by atoms with Crippen LogP contribution in [0, 0.1) is 0 Å². The van der Waals surface area contributed by atoms with Gasteiger partial charge in [-0.15, -0.1) is 0 Å². The lowest BCUT2D eigenvalue weighted by Crippen LogP contribution is -2.48. The van der Waals surface area contributed by atoms with E-state index in [0.29, 0.717) is 23.3 Å². The number of hydrogen-bond acceptors (Lipinski definition) is 3. The minimum absolute atomic E-state index is 0.00329. The number of carbonyl (C=O) groups excluding carboxylic acids is 1. The number of carbonyl (C=O) groups is 1. The zero-order valence-corrected chi connectivity index (χ0v) is 10.9. The van der Waals surface area contributed by atoms with Crippen molar-refractivity contribution in [3.05, 3.63) is 22.6 Å². The minimum Gasteiger partial charge on any atom is -0.457 e. The van der Waals surface area contributed by atoms with Crippen molar-refractivity contribution in [3.8, 4) is 0 Å². The zero-order valence-electron chi connectivity index (χ0n) is 9.27. The second-order valence-electron chi connectivity index (χ2n) is 4.11. The van der Waals surface area contributed by atoms with Crippen molar-refractivity contribution in [2.24, 2.45) is 0 Å². The summed E-state index contributed by atoms with van der Waals surface area (Å²) < 4.78 is 11.2. The highest BCUT2D eigenvalue weighted by Gasteiger charge is 2.27. The molecule has 0 aliphatic carbocycles. The molecule has 88 valence electrons. The molecule has 5 heteroatoms. The number of hydrogen-bond donors (Lipinski definition) is 0. The minimum atomic E-state index is -0.00329. The van der Waals surface area contributed by atoms with Gasteiger partial charge in [0.25, 0.3) is 5.91 Å². The van der Waals surface area contributed by atoms with Crippen LogP contribution in [0.2, 0.25) is 0 Å². The van der Waals surface area contributed by atoms with E-state index in [2.05, 4.69) is 15.9 Å². The third-order valence-corrected chi connectivity index (χ3v) is 2.94. The maximum atomic E-state index is 12.1. The molecule has 0 N–H and O–H groups in total. The van der Waals surface area contributed by atoms with Crippen molar-refractivity contribution < 1.29 is 13.9 Å². The van der Waals surface area contributed by atoms with Gasteiger partial charge in [0.05, 0.1) is 17.8 Å². The molecule has 0 radical (unpaired) electrons. The van der Waals surface area contributed by atoms with E-state index in [0.717, 1.165) is 0 Å². The number of halogens is 1. The maximum Gasteiger partial charge on any atom is 0.257 e. The summed E-state index contributed by atoms with van der Waals surface area (Å²) >= 11 is 3.19.